The third kappa shape index (κ3) is 6.27. The van der Waals surface area contributed by atoms with Crippen molar-refractivity contribution in [2.24, 2.45) is 0 Å². The van der Waals surface area contributed by atoms with Crippen LogP contribution in [0.25, 0.3) is 54.4 Å². The molecule has 0 atom stereocenters. The number of benzene rings is 5. The molecule has 0 spiro atoms. The topological polar surface area (TPSA) is 73.4 Å². The minimum absolute atomic E-state index is 0.352. The lowest BCUT2D eigenvalue weighted by Crippen LogP contribution is -2.43. The number of nitriles is 2. The molecular weight excluding hydrogens is 689 g/mol. The van der Waals surface area contributed by atoms with Crippen molar-refractivity contribution in [2.75, 3.05) is 0 Å². The van der Waals surface area contributed by atoms with Crippen molar-refractivity contribution < 1.29 is 0 Å². The average Bonchev–Trinajstić information content (AvgIpc) is 3.12. The van der Waals surface area contributed by atoms with Gasteiger partial charge in [-0.2, -0.15) is 10.5 Å². The zero-order chi connectivity index (χ0) is 39.3. The number of rotatable bonds is 6. The van der Waals surface area contributed by atoms with Gasteiger partial charge in [0.1, 0.15) is 39.3 Å². The molecule has 5 aromatic carbocycles. The molecule has 0 saturated heterocycles. The van der Waals surface area contributed by atoms with Crippen LogP contribution in [-0.2, 0) is 0 Å². The van der Waals surface area contributed by atoms with Gasteiger partial charge < -0.3 is 0 Å². The summed E-state index contributed by atoms with van der Waals surface area (Å²) in [6.07, 6.45) is 0. The summed E-state index contributed by atoms with van der Waals surface area (Å²) in [7, 11) is -4.26. The lowest BCUT2D eigenvalue weighted by atomic mass is 9.94. The molecule has 272 valence electrons. The maximum absolute atomic E-state index is 9.81. The van der Waals surface area contributed by atoms with Crippen molar-refractivity contribution in [3.05, 3.63) is 82.9 Å². The van der Waals surface area contributed by atoms with Gasteiger partial charge >= 0.3 is 0 Å². The summed E-state index contributed by atoms with van der Waals surface area (Å²) in [6, 6.07) is 25.0. The molecule has 0 aliphatic heterocycles. The van der Waals surface area contributed by atoms with Gasteiger partial charge in [0.15, 0.2) is 0 Å². The second kappa shape index (κ2) is 14.7. The molecule has 4 nitrogen and oxygen atoms in total. The van der Waals surface area contributed by atoms with E-state index in [2.05, 4.69) is 155 Å². The molecule has 0 radical (unpaired) electrons. The summed E-state index contributed by atoms with van der Waals surface area (Å²) in [5.74, 6) is 7.72. The van der Waals surface area contributed by atoms with Gasteiger partial charge in [-0.3, -0.25) is 0 Å². The van der Waals surface area contributed by atoms with Gasteiger partial charge in [-0.15, -0.1) is 11.1 Å². The van der Waals surface area contributed by atoms with E-state index in [-0.39, 0.29) is 0 Å². The Morgan fingerprint density at radius 3 is 1.09 bits per heavy atom. The standard InChI is InChI=1S/C48H52N4Si2/c1-29(2)53(30(3)4,31(5)6)19-17-41-43-23-35-15-13-14-16-36(35)24-44(43)42(18-20-54(32(7)8,33(9)10)34(11)12)48-47(41)51-45-25-37-21-39(27-49)40(28-50)22-38(37)26-46(45)52-48/h13-16,21-26,29-34H,1-12H3. The average molecular weight is 741 g/mol. The number of fused-ring (bicyclic) bond motifs is 5. The number of hydrogen-bond acceptors (Lipinski definition) is 4. The molecule has 1 heterocycles. The van der Waals surface area contributed by atoms with Crippen molar-refractivity contribution in [1.29, 1.82) is 10.5 Å². The lowest BCUT2D eigenvalue weighted by molar-refractivity contribution is 0.838. The van der Waals surface area contributed by atoms with E-state index >= 15 is 0 Å². The van der Waals surface area contributed by atoms with Crippen LogP contribution in [0, 0.1) is 45.6 Å². The Morgan fingerprint density at radius 2 is 0.796 bits per heavy atom. The summed E-state index contributed by atoms with van der Waals surface area (Å²) >= 11 is 0. The SMILES string of the molecule is CC(C)[Si](C#Cc1c2cc3ccccc3cc2c(C#C[Si](C(C)C)(C(C)C)C(C)C)c2nc3cc4cc(C#N)c(C#N)cc4cc3nc12)(C(C)C)C(C)C. The van der Waals surface area contributed by atoms with Crippen molar-refractivity contribution >= 4 is 70.5 Å². The lowest BCUT2D eigenvalue weighted by Gasteiger charge is -2.38. The van der Waals surface area contributed by atoms with Crippen molar-refractivity contribution in [3.63, 3.8) is 0 Å². The van der Waals surface area contributed by atoms with Crippen molar-refractivity contribution in [2.45, 2.75) is 116 Å². The second-order valence-electron chi connectivity index (χ2n) is 17.0. The molecule has 54 heavy (non-hydrogen) atoms. The molecular formula is C48H52N4Si2. The van der Waals surface area contributed by atoms with Crippen LogP contribution >= 0.6 is 0 Å². The largest absolute Gasteiger partial charge is 0.243 e. The third-order valence-electron chi connectivity index (χ3n) is 12.4. The van der Waals surface area contributed by atoms with Crippen molar-refractivity contribution in [3.8, 4) is 35.1 Å². The minimum Gasteiger partial charge on any atom is -0.243 e. The molecule has 6 aromatic rings. The fraction of sp³-hybridized carbons (Fsp3) is 0.375. The monoisotopic (exact) mass is 740 g/mol. The van der Waals surface area contributed by atoms with Crippen LogP contribution in [0.1, 0.15) is 105 Å². The van der Waals surface area contributed by atoms with Crippen LogP contribution < -0.4 is 0 Å². The van der Waals surface area contributed by atoms with E-state index in [4.69, 9.17) is 9.97 Å². The van der Waals surface area contributed by atoms with Crippen LogP contribution in [0.5, 0.6) is 0 Å². The van der Waals surface area contributed by atoms with Crippen LogP contribution in [-0.4, -0.2) is 26.1 Å². The molecule has 6 heteroatoms. The second-order valence-corrected chi connectivity index (χ2v) is 28.2. The molecule has 1 aromatic heterocycles. The summed E-state index contributed by atoms with van der Waals surface area (Å²) in [5.41, 5.74) is 16.4. The zero-order valence-electron chi connectivity index (χ0n) is 34.0. The maximum Gasteiger partial charge on any atom is 0.146 e. The molecule has 0 unspecified atom stereocenters. The van der Waals surface area contributed by atoms with E-state index in [9.17, 15) is 10.5 Å². The highest BCUT2D eigenvalue weighted by Crippen LogP contribution is 2.43. The first kappa shape index (κ1) is 38.7. The Hall–Kier alpha value is -4.99. The molecule has 0 amide bonds. The summed E-state index contributed by atoms with van der Waals surface area (Å²) in [6.45, 7) is 28.2. The highest BCUT2D eigenvalue weighted by atomic mass is 28.3. The van der Waals surface area contributed by atoms with E-state index in [0.717, 1.165) is 65.5 Å². The highest BCUT2D eigenvalue weighted by Gasteiger charge is 2.43. The fourth-order valence-corrected chi connectivity index (χ4v) is 20.2. The molecule has 0 N–H and O–H groups in total. The zero-order valence-corrected chi connectivity index (χ0v) is 36.0. The Labute approximate surface area is 324 Å². The van der Waals surface area contributed by atoms with Gasteiger partial charge in [0.2, 0.25) is 0 Å². The van der Waals surface area contributed by atoms with Gasteiger partial charge in [0.25, 0.3) is 0 Å². The maximum atomic E-state index is 9.81. The van der Waals surface area contributed by atoms with Gasteiger partial charge in [0, 0.05) is 10.8 Å². The Kier molecular flexibility index (Phi) is 10.5. The number of aromatic nitrogens is 2. The first-order valence-electron chi connectivity index (χ1n) is 19.5. The number of nitrogens with zero attached hydrogens (tertiary/aromatic N) is 4. The predicted molar refractivity (Wildman–Crippen MR) is 235 cm³/mol. The number of hydrogen-bond donors (Lipinski definition) is 0. The minimum atomic E-state index is -2.13. The molecule has 6 rings (SSSR count). The smallest absolute Gasteiger partial charge is 0.146 e. The summed E-state index contributed by atoms with van der Waals surface area (Å²) < 4.78 is 0. The van der Waals surface area contributed by atoms with Gasteiger partial charge in [-0.05, 0) is 91.2 Å². The van der Waals surface area contributed by atoms with Gasteiger partial charge in [0.05, 0.1) is 33.3 Å². The molecule has 0 saturated carbocycles. The fourth-order valence-electron chi connectivity index (χ4n) is 9.75. The quantitative estimate of drug-likeness (QED) is 0.0968. The highest BCUT2D eigenvalue weighted by molar-refractivity contribution is 6.91. The summed E-state index contributed by atoms with van der Waals surface area (Å²) in [5, 5.41) is 25.7. The van der Waals surface area contributed by atoms with E-state index < -0.39 is 16.1 Å². The molecule has 0 bridgehead atoms. The van der Waals surface area contributed by atoms with E-state index in [0.29, 0.717) is 44.4 Å². The third-order valence-corrected chi connectivity index (χ3v) is 25.0. The van der Waals surface area contributed by atoms with Crippen LogP contribution in [0.4, 0.5) is 0 Å². The van der Waals surface area contributed by atoms with Crippen molar-refractivity contribution in [1.82, 2.24) is 9.97 Å². The van der Waals surface area contributed by atoms with Gasteiger partial charge in [-0.25, -0.2) is 9.97 Å². The molecule has 0 fully saturated rings. The first-order valence-corrected chi connectivity index (χ1v) is 24.0. The van der Waals surface area contributed by atoms with E-state index in [1.165, 1.54) is 0 Å². The van der Waals surface area contributed by atoms with Gasteiger partial charge in [-0.1, -0.05) is 119 Å². The van der Waals surface area contributed by atoms with Crippen LogP contribution in [0.2, 0.25) is 33.2 Å². The Balaban J connectivity index is 1.87. The Morgan fingerprint density at radius 1 is 0.463 bits per heavy atom. The molecule has 0 aliphatic rings. The summed E-state index contributed by atoms with van der Waals surface area (Å²) in [4.78, 5) is 10.9. The van der Waals surface area contributed by atoms with Crippen LogP contribution in [0.3, 0.4) is 0 Å². The normalized spacial score (nSPS) is 12.4. The molecule has 0 aliphatic carbocycles. The Bertz CT molecular complexity index is 2450. The van der Waals surface area contributed by atoms with E-state index in [1.807, 2.05) is 12.1 Å². The predicted octanol–water partition coefficient (Wildman–Crippen LogP) is 13.1. The van der Waals surface area contributed by atoms with E-state index in [1.54, 1.807) is 12.1 Å². The van der Waals surface area contributed by atoms with Crippen LogP contribution in [0.15, 0.2) is 60.7 Å². The first-order chi connectivity index (χ1) is 25.6.